The highest BCUT2D eigenvalue weighted by Crippen LogP contribution is 2.41. The highest BCUT2D eigenvalue weighted by molar-refractivity contribution is 6.15. The van der Waals surface area contributed by atoms with Crippen LogP contribution in [0.1, 0.15) is 13.8 Å². The molecule has 0 fully saturated rings. The smallest absolute Gasteiger partial charge is 0.272 e. The number of aromatic amines is 2. The number of fused-ring (bicyclic) bond motifs is 4. The van der Waals surface area contributed by atoms with E-state index in [4.69, 9.17) is 15.2 Å². The van der Waals surface area contributed by atoms with Gasteiger partial charge in [-0.3, -0.25) is 9.89 Å². The van der Waals surface area contributed by atoms with Gasteiger partial charge in [-0.2, -0.15) is 5.10 Å². The normalized spacial score (nSPS) is 11.7. The van der Waals surface area contributed by atoms with Crippen LogP contribution in [0.15, 0.2) is 41.3 Å². The average Bonchev–Trinajstić information content (AvgIpc) is 3.27. The molecule has 3 heterocycles. The first-order chi connectivity index (χ1) is 15.4. The van der Waals surface area contributed by atoms with Gasteiger partial charge in [0.1, 0.15) is 28.3 Å². The van der Waals surface area contributed by atoms with Gasteiger partial charge in [-0.05, 0) is 37.6 Å². The number of rotatable bonds is 4. The summed E-state index contributed by atoms with van der Waals surface area (Å²) in [6.07, 6.45) is 1.39. The van der Waals surface area contributed by atoms with Crippen LogP contribution in [0.5, 0.6) is 11.6 Å². The molecule has 0 saturated heterocycles. The number of anilines is 1. The molecule has 32 heavy (non-hydrogen) atoms. The minimum Gasteiger partial charge on any atom is -0.489 e. The van der Waals surface area contributed by atoms with Crippen LogP contribution in [0, 0.1) is 5.82 Å². The molecule has 5 aromatic rings. The average molecular weight is 433 g/mol. The second-order valence-electron chi connectivity index (χ2n) is 7.71. The largest absolute Gasteiger partial charge is 0.489 e. The van der Waals surface area contributed by atoms with Crippen LogP contribution in [0.2, 0.25) is 0 Å². The zero-order valence-corrected chi connectivity index (χ0v) is 17.6. The minimum absolute atomic E-state index is 0.0166. The standard InChI is InChI=1S/C23H20FN5O3/c1-10(2)32-16-8-13-18(11-4-6-15(24)21-14(11)9-26-29-21)19(25)23(30)28-20(13)12-5-7-17(31-3)27-22(12)16/h4-10H,25H2,1-3H3,(H,26,29)(H,28,30). The molecule has 0 unspecified atom stereocenters. The van der Waals surface area contributed by atoms with Crippen molar-refractivity contribution >= 4 is 38.4 Å². The van der Waals surface area contributed by atoms with Crippen LogP contribution in [-0.4, -0.2) is 33.4 Å². The molecular weight excluding hydrogens is 413 g/mol. The van der Waals surface area contributed by atoms with E-state index < -0.39 is 11.4 Å². The van der Waals surface area contributed by atoms with E-state index in [1.165, 1.54) is 19.4 Å². The Hall–Kier alpha value is -4.14. The fourth-order valence-corrected chi connectivity index (χ4v) is 3.99. The number of nitrogen functional groups attached to an aromatic ring is 1. The summed E-state index contributed by atoms with van der Waals surface area (Å²) >= 11 is 0. The first-order valence-corrected chi connectivity index (χ1v) is 10.0. The van der Waals surface area contributed by atoms with E-state index in [0.29, 0.717) is 49.9 Å². The molecule has 0 amide bonds. The predicted octanol–water partition coefficient (Wildman–Crippen LogP) is 4.14. The van der Waals surface area contributed by atoms with Crippen LogP contribution in [0.4, 0.5) is 10.1 Å². The molecular formula is C23H20FN5O3. The highest BCUT2D eigenvalue weighted by atomic mass is 19.1. The maximum atomic E-state index is 14.3. The maximum absolute atomic E-state index is 14.3. The van der Waals surface area contributed by atoms with Gasteiger partial charge in [-0.25, -0.2) is 9.37 Å². The first-order valence-electron chi connectivity index (χ1n) is 10.0. The van der Waals surface area contributed by atoms with Crippen LogP contribution >= 0.6 is 0 Å². The number of methoxy groups -OCH3 is 1. The third-order valence-corrected chi connectivity index (χ3v) is 5.34. The van der Waals surface area contributed by atoms with Crippen molar-refractivity contribution in [2.45, 2.75) is 20.0 Å². The Balaban J connectivity index is 1.97. The minimum atomic E-state index is -0.455. The van der Waals surface area contributed by atoms with E-state index in [1.807, 2.05) is 19.9 Å². The molecule has 5 rings (SSSR count). The fourth-order valence-electron chi connectivity index (χ4n) is 3.99. The number of halogens is 1. The number of benzene rings is 2. The Morgan fingerprint density at radius 3 is 2.66 bits per heavy atom. The number of ether oxygens (including phenoxy) is 2. The molecule has 0 aliphatic heterocycles. The van der Waals surface area contributed by atoms with E-state index in [9.17, 15) is 9.18 Å². The number of H-pyrrole nitrogens is 2. The van der Waals surface area contributed by atoms with Crippen molar-refractivity contribution in [2.24, 2.45) is 0 Å². The second-order valence-corrected chi connectivity index (χ2v) is 7.71. The van der Waals surface area contributed by atoms with Gasteiger partial charge in [-0.15, -0.1) is 0 Å². The Bertz CT molecular complexity index is 1570. The lowest BCUT2D eigenvalue weighted by atomic mass is 9.95. The van der Waals surface area contributed by atoms with Gasteiger partial charge >= 0.3 is 0 Å². The maximum Gasteiger partial charge on any atom is 0.272 e. The van der Waals surface area contributed by atoms with Gasteiger partial charge in [0.25, 0.3) is 5.56 Å². The number of hydrogen-bond donors (Lipinski definition) is 3. The van der Waals surface area contributed by atoms with Gasteiger partial charge in [-0.1, -0.05) is 6.07 Å². The summed E-state index contributed by atoms with van der Waals surface area (Å²) in [4.78, 5) is 20.3. The molecule has 0 aliphatic rings. The van der Waals surface area contributed by atoms with Crippen molar-refractivity contribution in [1.82, 2.24) is 20.2 Å². The van der Waals surface area contributed by atoms with Crippen LogP contribution in [0.3, 0.4) is 0 Å². The first kappa shape index (κ1) is 19.8. The number of nitrogens with two attached hydrogens (primary N) is 1. The Morgan fingerprint density at radius 1 is 1.09 bits per heavy atom. The summed E-state index contributed by atoms with van der Waals surface area (Å²) < 4.78 is 25.6. The lowest BCUT2D eigenvalue weighted by Crippen LogP contribution is -2.14. The molecule has 3 aromatic heterocycles. The molecule has 0 saturated carbocycles. The van der Waals surface area contributed by atoms with Gasteiger partial charge in [0.05, 0.1) is 24.9 Å². The number of hydrogen-bond acceptors (Lipinski definition) is 6. The zero-order valence-electron chi connectivity index (χ0n) is 17.6. The summed E-state index contributed by atoms with van der Waals surface area (Å²) in [6, 6.07) is 8.23. The molecule has 0 radical (unpaired) electrons. The number of aromatic nitrogens is 4. The Kier molecular flexibility index (Phi) is 4.47. The Morgan fingerprint density at radius 2 is 1.91 bits per heavy atom. The zero-order chi connectivity index (χ0) is 22.6. The summed E-state index contributed by atoms with van der Waals surface area (Å²) in [6.45, 7) is 3.82. The van der Waals surface area contributed by atoms with Crippen molar-refractivity contribution in [1.29, 1.82) is 0 Å². The predicted molar refractivity (Wildman–Crippen MR) is 122 cm³/mol. The summed E-state index contributed by atoms with van der Waals surface area (Å²) in [5.74, 6) is 0.487. The molecule has 0 spiro atoms. The van der Waals surface area contributed by atoms with E-state index in [2.05, 4.69) is 20.2 Å². The van der Waals surface area contributed by atoms with Crippen molar-refractivity contribution in [3.8, 4) is 22.8 Å². The quantitative estimate of drug-likeness (QED) is 0.367. The van der Waals surface area contributed by atoms with Gasteiger partial charge in [0, 0.05) is 27.8 Å². The van der Waals surface area contributed by atoms with Crippen molar-refractivity contribution in [3.05, 3.63) is 52.7 Å². The SMILES string of the molecule is COc1ccc2c(n1)c(OC(C)C)cc1c(-c3ccc(F)c4[nH]ncc34)c(N)c(=O)[nH]c12. The van der Waals surface area contributed by atoms with Crippen molar-refractivity contribution in [2.75, 3.05) is 12.8 Å². The molecule has 9 heteroatoms. The van der Waals surface area contributed by atoms with E-state index in [1.54, 1.807) is 18.2 Å². The lowest BCUT2D eigenvalue weighted by Gasteiger charge is -2.17. The molecule has 162 valence electrons. The topological polar surface area (TPSA) is 119 Å². The summed E-state index contributed by atoms with van der Waals surface area (Å²) in [5, 5.41) is 8.46. The summed E-state index contributed by atoms with van der Waals surface area (Å²) in [5.41, 5.74) is 8.22. The van der Waals surface area contributed by atoms with E-state index >= 15 is 0 Å². The monoisotopic (exact) mass is 433 g/mol. The Labute approximate surface area is 181 Å². The lowest BCUT2D eigenvalue weighted by molar-refractivity contribution is 0.245. The third kappa shape index (κ3) is 2.93. The van der Waals surface area contributed by atoms with Gasteiger partial charge in [0.15, 0.2) is 0 Å². The van der Waals surface area contributed by atoms with E-state index in [-0.39, 0.29) is 17.3 Å². The van der Waals surface area contributed by atoms with E-state index in [0.717, 1.165) is 0 Å². The molecule has 0 bridgehead atoms. The number of nitrogens with one attached hydrogen (secondary N) is 2. The molecule has 0 atom stereocenters. The number of nitrogens with zero attached hydrogens (tertiary/aromatic N) is 2. The number of pyridine rings is 2. The van der Waals surface area contributed by atoms with Crippen LogP contribution < -0.4 is 20.8 Å². The molecule has 8 nitrogen and oxygen atoms in total. The fraction of sp³-hybridized carbons (Fsp3) is 0.174. The summed E-state index contributed by atoms with van der Waals surface area (Å²) in [7, 11) is 1.53. The van der Waals surface area contributed by atoms with Gasteiger partial charge in [0.2, 0.25) is 5.88 Å². The highest BCUT2D eigenvalue weighted by Gasteiger charge is 2.21. The van der Waals surface area contributed by atoms with Crippen LogP contribution in [0.25, 0.3) is 43.8 Å². The molecule has 4 N–H and O–H groups in total. The van der Waals surface area contributed by atoms with Crippen molar-refractivity contribution < 1.29 is 13.9 Å². The van der Waals surface area contributed by atoms with Crippen molar-refractivity contribution in [3.63, 3.8) is 0 Å². The third-order valence-electron chi connectivity index (χ3n) is 5.34. The second kappa shape index (κ2) is 7.23. The molecule has 0 aliphatic carbocycles. The molecule has 2 aromatic carbocycles. The van der Waals surface area contributed by atoms with Crippen LogP contribution in [-0.2, 0) is 0 Å². The van der Waals surface area contributed by atoms with Gasteiger partial charge < -0.3 is 20.2 Å².